The lowest BCUT2D eigenvalue weighted by Crippen LogP contribution is -2.21. The maximum absolute atomic E-state index is 5.14. The number of nitrogens with one attached hydrogen (secondary N) is 1. The molecule has 0 radical (unpaired) electrons. The van der Waals surface area contributed by atoms with E-state index in [1.165, 1.54) is 58.1 Å². The molecule has 0 aliphatic heterocycles. The quantitative estimate of drug-likeness (QED) is 0.858. The van der Waals surface area contributed by atoms with Crippen LogP contribution >= 0.6 is 0 Å². The molecular formula is C19H26N2O. The summed E-state index contributed by atoms with van der Waals surface area (Å²) in [6.45, 7) is 6.92. The van der Waals surface area contributed by atoms with Gasteiger partial charge in [0.15, 0.2) is 0 Å². The van der Waals surface area contributed by atoms with E-state index < -0.39 is 0 Å². The molecule has 0 bridgehead atoms. The van der Waals surface area contributed by atoms with Gasteiger partial charge < -0.3 is 10.1 Å². The Morgan fingerprint density at radius 3 is 2.82 bits per heavy atom. The lowest BCUT2D eigenvalue weighted by molar-refractivity contribution is 0.199. The third-order valence-corrected chi connectivity index (χ3v) is 4.60. The van der Waals surface area contributed by atoms with Crippen LogP contribution in [0.25, 0.3) is 10.9 Å². The second-order valence-corrected chi connectivity index (χ2v) is 6.37. The minimum absolute atomic E-state index is 0.753. The van der Waals surface area contributed by atoms with Gasteiger partial charge in [-0.05, 0) is 67.9 Å². The smallest absolute Gasteiger partial charge is 0.0714 e. The molecule has 0 amide bonds. The van der Waals surface area contributed by atoms with E-state index in [0.29, 0.717) is 0 Å². The van der Waals surface area contributed by atoms with E-state index in [1.54, 1.807) is 7.11 Å². The summed E-state index contributed by atoms with van der Waals surface area (Å²) in [6.07, 6.45) is 4.86. The van der Waals surface area contributed by atoms with Crippen molar-refractivity contribution in [3.63, 3.8) is 0 Å². The molecule has 118 valence electrons. The van der Waals surface area contributed by atoms with Crippen LogP contribution in [0.4, 0.5) is 0 Å². The fourth-order valence-corrected chi connectivity index (χ4v) is 3.64. The summed E-state index contributed by atoms with van der Waals surface area (Å²) in [5.74, 6) is 0. The van der Waals surface area contributed by atoms with Crippen LogP contribution in [0.5, 0.6) is 0 Å². The van der Waals surface area contributed by atoms with Crippen molar-refractivity contribution in [1.82, 2.24) is 10.3 Å². The van der Waals surface area contributed by atoms with Gasteiger partial charge in [0.2, 0.25) is 0 Å². The topological polar surface area (TPSA) is 34.1 Å². The van der Waals surface area contributed by atoms with Crippen LogP contribution in [0.15, 0.2) is 12.1 Å². The third-order valence-electron chi connectivity index (χ3n) is 4.60. The van der Waals surface area contributed by atoms with E-state index >= 15 is 0 Å². The molecule has 0 atom stereocenters. The molecule has 3 rings (SSSR count). The standard InChI is InChI=1S/C19H26N2O/c1-13-10-14(2)19-16(12-20-8-9-22-3)15-6-4-5-7-17(15)21-18(19)11-13/h10-11,20H,4-9,12H2,1-3H3. The highest BCUT2D eigenvalue weighted by molar-refractivity contribution is 5.87. The van der Waals surface area contributed by atoms with E-state index in [0.717, 1.165) is 26.1 Å². The van der Waals surface area contributed by atoms with Gasteiger partial charge in [-0.3, -0.25) is 4.98 Å². The second-order valence-electron chi connectivity index (χ2n) is 6.37. The number of rotatable bonds is 5. The first-order chi connectivity index (χ1) is 10.7. The van der Waals surface area contributed by atoms with Gasteiger partial charge in [-0.25, -0.2) is 0 Å². The number of hydrogen-bond donors (Lipinski definition) is 1. The Morgan fingerprint density at radius 1 is 1.18 bits per heavy atom. The van der Waals surface area contributed by atoms with E-state index in [4.69, 9.17) is 9.72 Å². The molecule has 0 fully saturated rings. The van der Waals surface area contributed by atoms with Crippen molar-refractivity contribution in [1.29, 1.82) is 0 Å². The molecular weight excluding hydrogens is 272 g/mol. The van der Waals surface area contributed by atoms with Crippen LogP contribution in [-0.2, 0) is 24.1 Å². The van der Waals surface area contributed by atoms with Gasteiger partial charge in [-0.2, -0.15) is 0 Å². The Morgan fingerprint density at radius 2 is 2.00 bits per heavy atom. The number of ether oxygens (including phenoxy) is 1. The molecule has 0 saturated carbocycles. The average molecular weight is 298 g/mol. The predicted octanol–water partition coefficient (Wildman–Crippen LogP) is 3.47. The lowest BCUT2D eigenvalue weighted by atomic mass is 9.88. The van der Waals surface area contributed by atoms with Crippen LogP contribution < -0.4 is 5.32 Å². The van der Waals surface area contributed by atoms with E-state index in [-0.39, 0.29) is 0 Å². The largest absolute Gasteiger partial charge is 0.383 e. The highest BCUT2D eigenvalue weighted by Gasteiger charge is 2.19. The maximum Gasteiger partial charge on any atom is 0.0714 e. The molecule has 2 aromatic rings. The number of nitrogens with zero attached hydrogens (tertiary/aromatic N) is 1. The van der Waals surface area contributed by atoms with E-state index in [9.17, 15) is 0 Å². The van der Waals surface area contributed by atoms with E-state index in [1.807, 2.05) is 0 Å². The van der Waals surface area contributed by atoms with Crippen molar-refractivity contribution in [3.05, 3.63) is 40.1 Å². The van der Waals surface area contributed by atoms with Crippen molar-refractivity contribution in [3.8, 4) is 0 Å². The van der Waals surface area contributed by atoms with Crippen molar-refractivity contribution >= 4 is 10.9 Å². The molecule has 0 spiro atoms. The zero-order valence-electron chi connectivity index (χ0n) is 14.0. The predicted molar refractivity (Wildman–Crippen MR) is 91.4 cm³/mol. The van der Waals surface area contributed by atoms with Gasteiger partial charge in [0.05, 0.1) is 12.1 Å². The summed E-state index contributed by atoms with van der Waals surface area (Å²) < 4.78 is 5.14. The molecule has 0 saturated heterocycles. The number of benzene rings is 1. The lowest BCUT2D eigenvalue weighted by Gasteiger charge is -2.22. The van der Waals surface area contributed by atoms with Gasteiger partial charge in [0, 0.05) is 31.3 Å². The Bertz CT molecular complexity index is 679. The highest BCUT2D eigenvalue weighted by atomic mass is 16.5. The first-order valence-corrected chi connectivity index (χ1v) is 8.32. The van der Waals surface area contributed by atoms with Crippen molar-refractivity contribution in [2.24, 2.45) is 0 Å². The van der Waals surface area contributed by atoms with Gasteiger partial charge in [0.25, 0.3) is 0 Å². The maximum atomic E-state index is 5.14. The molecule has 3 nitrogen and oxygen atoms in total. The zero-order valence-corrected chi connectivity index (χ0v) is 14.0. The Kier molecular flexibility index (Phi) is 4.74. The molecule has 1 aromatic carbocycles. The minimum atomic E-state index is 0.753. The number of pyridine rings is 1. The number of aryl methyl sites for hydroxylation is 3. The van der Waals surface area contributed by atoms with Gasteiger partial charge in [-0.15, -0.1) is 0 Å². The summed E-state index contributed by atoms with van der Waals surface area (Å²) in [7, 11) is 1.75. The SMILES string of the molecule is COCCNCc1c2c(nc3cc(C)cc(C)c13)CCCC2. The summed E-state index contributed by atoms with van der Waals surface area (Å²) in [6, 6.07) is 4.51. The normalized spacial score (nSPS) is 14.3. The Hall–Kier alpha value is -1.45. The number of methoxy groups -OCH3 is 1. The van der Waals surface area contributed by atoms with Crippen LogP contribution in [0.2, 0.25) is 0 Å². The molecule has 1 aliphatic carbocycles. The van der Waals surface area contributed by atoms with Crippen LogP contribution in [0.3, 0.4) is 0 Å². The monoisotopic (exact) mass is 298 g/mol. The number of fused-ring (bicyclic) bond motifs is 2. The molecule has 1 aromatic heterocycles. The van der Waals surface area contributed by atoms with Gasteiger partial charge in [-0.1, -0.05) is 6.07 Å². The third kappa shape index (κ3) is 3.01. The molecule has 1 N–H and O–H groups in total. The van der Waals surface area contributed by atoms with Crippen LogP contribution in [0.1, 0.15) is 40.8 Å². The molecule has 3 heteroatoms. The van der Waals surface area contributed by atoms with Crippen molar-refractivity contribution in [2.45, 2.75) is 46.1 Å². The first-order valence-electron chi connectivity index (χ1n) is 8.32. The Balaban J connectivity index is 2.08. The molecule has 0 unspecified atom stereocenters. The molecule has 22 heavy (non-hydrogen) atoms. The van der Waals surface area contributed by atoms with Gasteiger partial charge in [0.1, 0.15) is 0 Å². The molecule has 1 aliphatic rings. The fourth-order valence-electron chi connectivity index (χ4n) is 3.64. The average Bonchev–Trinajstić information content (AvgIpc) is 2.50. The zero-order chi connectivity index (χ0) is 15.5. The summed E-state index contributed by atoms with van der Waals surface area (Å²) in [5.41, 5.74) is 8.10. The van der Waals surface area contributed by atoms with Crippen molar-refractivity contribution in [2.75, 3.05) is 20.3 Å². The van der Waals surface area contributed by atoms with Crippen LogP contribution in [0, 0.1) is 13.8 Å². The summed E-state index contributed by atoms with van der Waals surface area (Å²) in [5, 5.41) is 4.89. The van der Waals surface area contributed by atoms with Crippen LogP contribution in [-0.4, -0.2) is 25.2 Å². The fraction of sp³-hybridized carbons (Fsp3) is 0.526. The summed E-state index contributed by atoms with van der Waals surface area (Å²) >= 11 is 0. The number of aromatic nitrogens is 1. The number of hydrogen-bond acceptors (Lipinski definition) is 3. The van der Waals surface area contributed by atoms with Gasteiger partial charge >= 0.3 is 0 Å². The highest BCUT2D eigenvalue weighted by Crippen LogP contribution is 2.31. The van der Waals surface area contributed by atoms with E-state index in [2.05, 4.69) is 31.3 Å². The van der Waals surface area contributed by atoms with Crippen molar-refractivity contribution < 1.29 is 4.74 Å². The Labute approximate surface area is 133 Å². The summed E-state index contributed by atoms with van der Waals surface area (Å²) in [4.78, 5) is 4.99. The molecule has 1 heterocycles. The second kappa shape index (κ2) is 6.76. The minimum Gasteiger partial charge on any atom is -0.383 e. The first kappa shape index (κ1) is 15.4.